The third-order valence-electron chi connectivity index (χ3n) is 5.90. The second-order valence-corrected chi connectivity index (χ2v) is 7.94. The van der Waals surface area contributed by atoms with Crippen molar-refractivity contribution in [1.82, 2.24) is 19.8 Å². The van der Waals surface area contributed by atoms with Crippen molar-refractivity contribution in [1.29, 1.82) is 0 Å². The van der Waals surface area contributed by atoms with Gasteiger partial charge >= 0.3 is 0 Å². The molecule has 1 atom stereocenters. The van der Waals surface area contributed by atoms with Crippen molar-refractivity contribution < 1.29 is 9.18 Å². The Balaban J connectivity index is 1.63. The van der Waals surface area contributed by atoms with E-state index in [9.17, 15) is 14.0 Å². The maximum absolute atomic E-state index is 13.8. The van der Waals surface area contributed by atoms with Crippen LogP contribution in [0.4, 0.5) is 4.39 Å². The highest BCUT2D eigenvalue weighted by Gasteiger charge is 2.32. The van der Waals surface area contributed by atoms with Crippen LogP contribution in [0.5, 0.6) is 0 Å². The molecular weight excluding hydrogens is 383 g/mol. The molecule has 152 valence electrons. The number of rotatable bonds is 2. The van der Waals surface area contributed by atoms with Crippen LogP contribution in [0.3, 0.4) is 0 Å². The van der Waals surface area contributed by atoms with Crippen LogP contribution >= 0.6 is 0 Å². The molecule has 5 rings (SSSR count). The van der Waals surface area contributed by atoms with Gasteiger partial charge in [0.15, 0.2) is 0 Å². The van der Waals surface area contributed by atoms with Gasteiger partial charge in [0, 0.05) is 42.3 Å². The summed E-state index contributed by atoms with van der Waals surface area (Å²) in [7, 11) is 3.71. The predicted octanol–water partition coefficient (Wildman–Crippen LogP) is 3.41. The second kappa shape index (κ2) is 6.81. The second-order valence-electron chi connectivity index (χ2n) is 7.94. The Morgan fingerprint density at radius 1 is 1.13 bits per heavy atom. The number of nitrogens with one attached hydrogen (secondary N) is 2. The molecule has 0 saturated carbocycles. The molecule has 1 aliphatic rings. The molecule has 0 spiro atoms. The average Bonchev–Trinajstić information content (AvgIpc) is 3.16. The van der Waals surface area contributed by atoms with Crippen LogP contribution in [0.2, 0.25) is 0 Å². The molecule has 0 radical (unpaired) electrons. The highest BCUT2D eigenvalue weighted by Crippen LogP contribution is 2.34. The van der Waals surface area contributed by atoms with Gasteiger partial charge in [-0.1, -0.05) is 24.3 Å². The first-order chi connectivity index (χ1) is 14.4. The van der Waals surface area contributed by atoms with Crippen molar-refractivity contribution in [3.05, 3.63) is 81.7 Å². The number of H-pyrrole nitrogens is 2. The number of carbonyl (C=O) groups excluding carboxylic acids is 1. The van der Waals surface area contributed by atoms with E-state index in [0.717, 1.165) is 22.2 Å². The highest BCUT2D eigenvalue weighted by atomic mass is 19.1. The Bertz CT molecular complexity index is 1320. The van der Waals surface area contributed by atoms with E-state index in [0.29, 0.717) is 29.6 Å². The van der Waals surface area contributed by atoms with E-state index in [4.69, 9.17) is 0 Å². The van der Waals surface area contributed by atoms with Gasteiger partial charge < -0.3 is 14.9 Å². The van der Waals surface area contributed by atoms with Crippen LogP contribution in [-0.4, -0.2) is 46.3 Å². The zero-order chi connectivity index (χ0) is 21.0. The van der Waals surface area contributed by atoms with Crippen LogP contribution in [-0.2, 0) is 6.54 Å². The number of hydrogen-bond acceptors (Lipinski definition) is 3. The Labute approximate surface area is 171 Å². The predicted molar refractivity (Wildman–Crippen MR) is 114 cm³/mol. The first-order valence-corrected chi connectivity index (χ1v) is 9.80. The van der Waals surface area contributed by atoms with E-state index in [1.807, 2.05) is 37.4 Å². The van der Waals surface area contributed by atoms with E-state index in [1.54, 1.807) is 18.0 Å². The largest absolute Gasteiger partial charge is 0.351 e. The normalized spacial score (nSPS) is 16.7. The number of halogens is 1. The summed E-state index contributed by atoms with van der Waals surface area (Å²) >= 11 is 0. The van der Waals surface area contributed by atoms with Gasteiger partial charge in [-0.05, 0) is 36.7 Å². The summed E-state index contributed by atoms with van der Waals surface area (Å²) in [6.45, 7) is 1.16. The number of amides is 1. The van der Waals surface area contributed by atoms with Gasteiger partial charge in [0.2, 0.25) is 0 Å². The van der Waals surface area contributed by atoms with Crippen molar-refractivity contribution >= 4 is 27.6 Å². The molecular formula is C23H21FN4O2. The fourth-order valence-electron chi connectivity index (χ4n) is 4.44. The highest BCUT2D eigenvalue weighted by molar-refractivity contribution is 5.98. The summed E-state index contributed by atoms with van der Waals surface area (Å²) in [5.41, 5.74) is 2.72. The van der Waals surface area contributed by atoms with E-state index in [2.05, 4.69) is 14.9 Å². The molecule has 2 aromatic carbocycles. The number of aromatic amines is 2. The molecule has 3 heterocycles. The van der Waals surface area contributed by atoms with Crippen molar-refractivity contribution in [2.75, 3.05) is 20.6 Å². The Hall–Kier alpha value is -3.45. The molecule has 30 heavy (non-hydrogen) atoms. The molecule has 0 bridgehead atoms. The van der Waals surface area contributed by atoms with Crippen LogP contribution in [0.15, 0.2) is 53.3 Å². The number of aromatic nitrogens is 2. The summed E-state index contributed by atoms with van der Waals surface area (Å²) in [5, 5.41) is 1.96. The van der Waals surface area contributed by atoms with Crippen molar-refractivity contribution in [3.8, 4) is 0 Å². The lowest BCUT2D eigenvalue weighted by molar-refractivity contribution is 0.0672. The minimum atomic E-state index is -0.458. The summed E-state index contributed by atoms with van der Waals surface area (Å²) < 4.78 is 13.8. The van der Waals surface area contributed by atoms with E-state index < -0.39 is 5.82 Å². The number of para-hydroxylation sites is 1. The number of carbonyl (C=O) groups is 1. The summed E-state index contributed by atoms with van der Waals surface area (Å²) in [5.74, 6) is -0.598. The van der Waals surface area contributed by atoms with Crippen molar-refractivity contribution in [2.24, 2.45) is 0 Å². The lowest BCUT2D eigenvalue weighted by atomic mass is 9.93. The van der Waals surface area contributed by atoms with Crippen LogP contribution in [0, 0.1) is 5.82 Å². The van der Waals surface area contributed by atoms with E-state index in [1.165, 1.54) is 12.1 Å². The number of benzene rings is 2. The standard InChI is InChI=1S/C23H21FN4O2/c1-27-11-19-21(15-8-7-14(24)10-16(15)22(29)26-19)20(12-27)28(2)23(30)18-9-13-5-3-4-6-17(13)25-18/h3-10,20,25H,11-12H2,1-2H3,(H,26,29)/t20-/m0/s1. The molecule has 0 fully saturated rings. The van der Waals surface area contributed by atoms with Gasteiger partial charge in [0.1, 0.15) is 11.5 Å². The molecule has 7 heteroatoms. The number of nitrogens with zero attached hydrogens (tertiary/aromatic N) is 2. The molecule has 1 amide bonds. The smallest absolute Gasteiger partial charge is 0.270 e. The summed E-state index contributed by atoms with van der Waals surface area (Å²) in [6, 6.07) is 13.6. The number of likely N-dealkylation sites (N-methyl/N-ethyl adjacent to an activating group) is 2. The monoisotopic (exact) mass is 404 g/mol. The first kappa shape index (κ1) is 18.6. The van der Waals surface area contributed by atoms with Gasteiger partial charge in [0.25, 0.3) is 11.5 Å². The average molecular weight is 404 g/mol. The van der Waals surface area contributed by atoms with Crippen molar-refractivity contribution in [3.63, 3.8) is 0 Å². The molecule has 6 nitrogen and oxygen atoms in total. The fourth-order valence-corrected chi connectivity index (χ4v) is 4.44. The molecule has 1 aliphatic heterocycles. The van der Waals surface area contributed by atoms with Crippen LogP contribution < -0.4 is 5.56 Å². The number of pyridine rings is 1. The molecule has 4 aromatic rings. The number of hydrogen-bond donors (Lipinski definition) is 2. The number of fused-ring (bicyclic) bond motifs is 4. The van der Waals surface area contributed by atoms with E-state index in [-0.39, 0.29) is 17.5 Å². The SMILES string of the molecule is CN1Cc2[nH]c(=O)c3cc(F)ccc3c2[C@@H](N(C)C(=O)c2cc3ccccc3[nH]2)C1. The molecule has 0 unspecified atom stereocenters. The van der Waals surface area contributed by atoms with Crippen molar-refractivity contribution in [2.45, 2.75) is 12.6 Å². The first-order valence-electron chi connectivity index (χ1n) is 9.80. The van der Waals surface area contributed by atoms with Gasteiger partial charge in [-0.2, -0.15) is 0 Å². The van der Waals surface area contributed by atoms with Gasteiger partial charge in [-0.3, -0.25) is 14.5 Å². The third-order valence-corrected chi connectivity index (χ3v) is 5.90. The van der Waals surface area contributed by atoms with E-state index >= 15 is 0 Å². The Kier molecular flexibility index (Phi) is 4.22. The quantitative estimate of drug-likeness (QED) is 0.538. The topological polar surface area (TPSA) is 72.2 Å². The minimum absolute atomic E-state index is 0.140. The van der Waals surface area contributed by atoms with Gasteiger partial charge in [-0.25, -0.2) is 4.39 Å². The molecule has 0 aliphatic carbocycles. The Morgan fingerprint density at radius 3 is 2.73 bits per heavy atom. The fraction of sp³-hybridized carbons (Fsp3) is 0.217. The maximum Gasteiger partial charge on any atom is 0.270 e. The van der Waals surface area contributed by atoms with Gasteiger partial charge in [-0.15, -0.1) is 0 Å². The zero-order valence-corrected chi connectivity index (χ0v) is 16.7. The third kappa shape index (κ3) is 2.90. The lowest BCUT2D eigenvalue weighted by Crippen LogP contribution is -2.42. The lowest BCUT2D eigenvalue weighted by Gasteiger charge is -2.37. The maximum atomic E-state index is 13.8. The minimum Gasteiger partial charge on any atom is -0.351 e. The Morgan fingerprint density at radius 2 is 1.93 bits per heavy atom. The molecule has 0 saturated heterocycles. The molecule has 2 N–H and O–H groups in total. The van der Waals surface area contributed by atoms with Crippen LogP contribution in [0.25, 0.3) is 21.7 Å². The van der Waals surface area contributed by atoms with Gasteiger partial charge in [0.05, 0.1) is 11.4 Å². The molecule has 2 aromatic heterocycles. The summed E-state index contributed by atoms with van der Waals surface area (Å²) in [4.78, 5) is 35.7. The van der Waals surface area contributed by atoms with Crippen LogP contribution in [0.1, 0.15) is 27.8 Å². The zero-order valence-electron chi connectivity index (χ0n) is 16.7. The summed E-state index contributed by atoms with van der Waals surface area (Å²) in [6.07, 6.45) is 0.